The van der Waals surface area contributed by atoms with E-state index in [1.807, 2.05) is 6.92 Å². The van der Waals surface area contributed by atoms with Crippen LogP contribution in [0.2, 0.25) is 0 Å². The molecule has 5 nitrogen and oxygen atoms in total. The number of hydrogen-bond acceptors (Lipinski definition) is 3. The number of hydrogen-bond donors (Lipinski definition) is 2. The van der Waals surface area contributed by atoms with E-state index in [1.165, 1.54) is 12.1 Å². The topological polar surface area (TPSA) is 53.6 Å². The average Bonchev–Trinajstić information content (AvgIpc) is 2.49. The fraction of sp³-hybridized carbons (Fsp3) is 0.588. The fourth-order valence-electron chi connectivity index (χ4n) is 2.69. The van der Waals surface area contributed by atoms with Gasteiger partial charge in [-0.15, -0.1) is 0 Å². The molecule has 2 amide bonds. The van der Waals surface area contributed by atoms with E-state index < -0.39 is 0 Å². The quantitative estimate of drug-likeness (QED) is 0.876. The molecule has 1 aromatic carbocycles. The molecule has 2 rings (SSSR count). The fourth-order valence-corrected chi connectivity index (χ4v) is 2.69. The van der Waals surface area contributed by atoms with Crippen LogP contribution < -0.4 is 10.6 Å². The predicted molar refractivity (Wildman–Crippen MR) is 89.2 cm³/mol. The molecule has 0 saturated carbocycles. The lowest BCUT2D eigenvalue weighted by Crippen LogP contribution is -2.48. The maximum Gasteiger partial charge on any atom is 0.319 e. The third-order valence-corrected chi connectivity index (χ3v) is 3.78. The lowest BCUT2D eigenvalue weighted by molar-refractivity contribution is -0.0288. The minimum absolute atomic E-state index is 0.0122. The molecule has 0 spiro atoms. The largest absolute Gasteiger partial charge is 0.374 e. The molecule has 1 aliphatic rings. The third kappa shape index (κ3) is 5.80. The number of rotatable bonds is 5. The highest BCUT2D eigenvalue weighted by Gasteiger charge is 2.21. The Balaban J connectivity index is 1.78. The molecular formula is C17H26FN3O2. The van der Waals surface area contributed by atoms with Crippen molar-refractivity contribution in [1.29, 1.82) is 0 Å². The molecule has 1 saturated heterocycles. The first-order chi connectivity index (χ1) is 10.9. The summed E-state index contributed by atoms with van der Waals surface area (Å²) < 4.78 is 18.9. The Hall–Kier alpha value is -1.66. The molecule has 0 bridgehead atoms. The number of carbonyl (C=O) groups is 1. The molecule has 1 fully saturated rings. The van der Waals surface area contributed by atoms with Crippen LogP contribution in [-0.4, -0.2) is 49.8 Å². The van der Waals surface area contributed by atoms with Crippen molar-refractivity contribution in [3.8, 4) is 0 Å². The van der Waals surface area contributed by atoms with Crippen molar-refractivity contribution >= 4 is 11.7 Å². The van der Waals surface area contributed by atoms with Gasteiger partial charge in [0.05, 0.1) is 12.7 Å². The van der Waals surface area contributed by atoms with Gasteiger partial charge in [-0.1, -0.05) is 19.9 Å². The van der Waals surface area contributed by atoms with Crippen molar-refractivity contribution in [2.45, 2.75) is 26.9 Å². The van der Waals surface area contributed by atoms with Crippen LogP contribution in [0.5, 0.6) is 0 Å². The van der Waals surface area contributed by atoms with Gasteiger partial charge in [0.2, 0.25) is 0 Å². The van der Waals surface area contributed by atoms with Gasteiger partial charge >= 0.3 is 6.03 Å². The van der Waals surface area contributed by atoms with E-state index in [1.54, 1.807) is 6.07 Å². The number of carbonyl (C=O) groups excluding carboxylic acids is 1. The van der Waals surface area contributed by atoms with E-state index in [2.05, 4.69) is 29.4 Å². The van der Waals surface area contributed by atoms with Gasteiger partial charge in [0.1, 0.15) is 5.82 Å². The highest BCUT2D eigenvalue weighted by molar-refractivity contribution is 5.90. The van der Waals surface area contributed by atoms with Crippen LogP contribution in [0.3, 0.4) is 0 Å². The van der Waals surface area contributed by atoms with E-state index >= 15 is 0 Å². The number of halogens is 1. The van der Waals surface area contributed by atoms with Crippen molar-refractivity contribution in [2.24, 2.45) is 5.92 Å². The van der Waals surface area contributed by atoms with Crippen LogP contribution >= 0.6 is 0 Å². The molecule has 23 heavy (non-hydrogen) atoms. The number of aryl methyl sites for hydroxylation is 1. The maximum absolute atomic E-state index is 13.2. The first kappa shape index (κ1) is 17.7. The van der Waals surface area contributed by atoms with Gasteiger partial charge in [0.15, 0.2) is 0 Å². The number of nitrogens with one attached hydrogen (secondary N) is 2. The zero-order valence-electron chi connectivity index (χ0n) is 14.1. The van der Waals surface area contributed by atoms with Crippen LogP contribution in [0.1, 0.15) is 19.4 Å². The first-order valence-corrected chi connectivity index (χ1v) is 8.09. The lowest BCUT2D eigenvalue weighted by atomic mass is 10.2. The highest BCUT2D eigenvalue weighted by atomic mass is 19.1. The van der Waals surface area contributed by atoms with Gasteiger partial charge in [-0.05, 0) is 30.5 Å². The lowest BCUT2D eigenvalue weighted by Gasteiger charge is -2.33. The number of morpholine rings is 1. The van der Waals surface area contributed by atoms with E-state index in [0.717, 1.165) is 25.2 Å². The van der Waals surface area contributed by atoms with E-state index in [9.17, 15) is 9.18 Å². The minimum Gasteiger partial charge on any atom is -0.374 e. The maximum atomic E-state index is 13.2. The normalized spacial score (nSPS) is 18.9. The van der Waals surface area contributed by atoms with Gasteiger partial charge < -0.3 is 15.4 Å². The van der Waals surface area contributed by atoms with Gasteiger partial charge in [-0.2, -0.15) is 0 Å². The summed E-state index contributed by atoms with van der Waals surface area (Å²) in [5.74, 6) is 0.242. The van der Waals surface area contributed by atoms with Gasteiger partial charge in [0.25, 0.3) is 0 Å². The molecule has 0 aromatic heterocycles. The molecule has 1 heterocycles. The molecule has 0 aliphatic carbocycles. The third-order valence-electron chi connectivity index (χ3n) is 3.78. The van der Waals surface area contributed by atoms with E-state index in [0.29, 0.717) is 24.8 Å². The molecule has 1 atom stereocenters. The van der Waals surface area contributed by atoms with E-state index in [4.69, 9.17) is 4.74 Å². The zero-order valence-corrected chi connectivity index (χ0v) is 14.1. The number of nitrogens with zero attached hydrogens (tertiary/aromatic N) is 1. The second-order valence-corrected chi connectivity index (χ2v) is 6.44. The molecule has 128 valence electrons. The number of ether oxygens (including phenoxy) is 1. The number of urea groups is 1. The molecule has 1 aliphatic heterocycles. The van der Waals surface area contributed by atoms with E-state index in [-0.39, 0.29) is 18.0 Å². The Kier molecular flexibility index (Phi) is 6.36. The van der Waals surface area contributed by atoms with Crippen molar-refractivity contribution < 1.29 is 13.9 Å². The first-order valence-electron chi connectivity index (χ1n) is 8.09. The number of benzene rings is 1. The number of amides is 2. The molecule has 1 aromatic rings. The molecule has 1 unspecified atom stereocenters. The summed E-state index contributed by atoms with van der Waals surface area (Å²) >= 11 is 0. The van der Waals surface area contributed by atoms with Crippen LogP contribution in [0.25, 0.3) is 0 Å². The van der Waals surface area contributed by atoms with Crippen molar-refractivity contribution in [3.63, 3.8) is 0 Å². The average molecular weight is 323 g/mol. The molecule has 0 radical (unpaired) electrons. The standard InChI is InChI=1S/C17H26FN3O2/c1-12(2)10-21-6-7-23-15(11-21)9-19-17(22)20-16-8-14(18)5-4-13(16)3/h4-5,8,12,15H,6-7,9-11H2,1-3H3,(H2,19,20,22). The van der Waals surface area contributed by atoms with Gasteiger partial charge in [-0.3, -0.25) is 4.90 Å². The Morgan fingerprint density at radius 3 is 3.00 bits per heavy atom. The molecule has 2 N–H and O–H groups in total. The molecular weight excluding hydrogens is 297 g/mol. The zero-order chi connectivity index (χ0) is 16.8. The smallest absolute Gasteiger partial charge is 0.319 e. The number of anilines is 1. The summed E-state index contributed by atoms with van der Waals surface area (Å²) in [5, 5.41) is 5.47. The second kappa shape index (κ2) is 8.26. The van der Waals surface area contributed by atoms with Gasteiger partial charge in [-0.25, -0.2) is 9.18 Å². The van der Waals surface area contributed by atoms with Crippen LogP contribution in [0.15, 0.2) is 18.2 Å². The summed E-state index contributed by atoms with van der Waals surface area (Å²) in [7, 11) is 0. The SMILES string of the molecule is Cc1ccc(F)cc1NC(=O)NCC1CN(CC(C)C)CCO1. The Bertz CT molecular complexity index is 537. The Labute approximate surface area is 137 Å². The predicted octanol–water partition coefficient (Wildman–Crippen LogP) is 2.61. The monoisotopic (exact) mass is 323 g/mol. The summed E-state index contributed by atoms with van der Waals surface area (Å²) in [6.45, 7) is 10.1. The van der Waals surface area contributed by atoms with Crippen LogP contribution in [0.4, 0.5) is 14.9 Å². The van der Waals surface area contributed by atoms with Gasteiger partial charge in [0, 0.05) is 31.9 Å². The summed E-state index contributed by atoms with van der Waals surface area (Å²) in [6.07, 6.45) is -0.0122. The van der Waals surface area contributed by atoms with Crippen molar-refractivity contribution in [2.75, 3.05) is 38.1 Å². The second-order valence-electron chi connectivity index (χ2n) is 6.44. The summed E-state index contributed by atoms with van der Waals surface area (Å²) in [6, 6.07) is 3.98. The Morgan fingerprint density at radius 2 is 2.26 bits per heavy atom. The summed E-state index contributed by atoms with van der Waals surface area (Å²) in [4.78, 5) is 14.3. The van der Waals surface area contributed by atoms with Crippen LogP contribution in [-0.2, 0) is 4.74 Å². The van der Waals surface area contributed by atoms with Crippen molar-refractivity contribution in [3.05, 3.63) is 29.6 Å². The van der Waals surface area contributed by atoms with Crippen LogP contribution in [0, 0.1) is 18.7 Å². The highest BCUT2D eigenvalue weighted by Crippen LogP contribution is 2.15. The minimum atomic E-state index is -0.370. The van der Waals surface area contributed by atoms with Crippen molar-refractivity contribution in [1.82, 2.24) is 10.2 Å². The summed E-state index contributed by atoms with van der Waals surface area (Å²) in [5.41, 5.74) is 1.30. The Morgan fingerprint density at radius 1 is 1.48 bits per heavy atom. The molecule has 6 heteroatoms.